The lowest BCUT2D eigenvalue weighted by molar-refractivity contribution is -0.142. The van der Waals surface area contributed by atoms with Crippen LogP contribution in [0.25, 0.3) is 0 Å². The monoisotopic (exact) mass is 316 g/mol. The number of para-hydroxylation sites is 1. The predicted molar refractivity (Wildman–Crippen MR) is 93.2 cm³/mol. The van der Waals surface area contributed by atoms with Crippen LogP contribution in [0.3, 0.4) is 0 Å². The van der Waals surface area contributed by atoms with Gasteiger partial charge in [0.1, 0.15) is 0 Å². The molecular weight excluding hydrogens is 288 g/mol. The van der Waals surface area contributed by atoms with E-state index in [-0.39, 0.29) is 17.7 Å². The molecule has 4 heteroatoms. The summed E-state index contributed by atoms with van der Waals surface area (Å²) in [5.74, 6) is 0.0289. The Labute approximate surface area is 139 Å². The van der Waals surface area contributed by atoms with E-state index in [1.54, 1.807) is 0 Å². The zero-order chi connectivity index (χ0) is 17.0. The molecule has 4 nitrogen and oxygen atoms in total. The third kappa shape index (κ3) is 4.34. The minimum Gasteiger partial charge on any atom is -0.341 e. The predicted octanol–water partition coefficient (Wildman–Crippen LogP) is 3.47. The molecule has 2 rings (SSSR count). The summed E-state index contributed by atoms with van der Waals surface area (Å²) in [4.78, 5) is 26.9. The van der Waals surface area contributed by atoms with E-state index < -0.39 is 5.41 Å². The van der Waals surface area contributed by atoms with E-state index in [2.05, 4.69) is 12.2 Å². The van der Waals surface area contributed by atoms with E-state index in [1.807, 2.05) is 49.9 Å². The number of nitrogens with one attached hydrogen (secondary N) is 1. The molecule has 1 aliphatic rings. The first kappa shape index (κ1) is 17.5. The van der Waals surface area contributed by atoms with Crippen LogP contribution in [0.5, 0.6) is 0 Å². The molecule has 1 atom stereocenters. The Morgan fingerprint density at radius 3 is 2.61 bits per heavy atom. The van der Waals surface area contributed by atoms with Gasteiger partial charge in [0, 0.05) is 24.2 Å². The van der Waals surface area contributed by atoms with Gasteiger partial charge in [-0.15, -0.1) is 0 Å². The molecule has 1 aromatic rings. The summed E-state index contributed by atoms with van der Waals surface area (Å²) in [6.07, 6.45) is 2.61. The molecule has 0 radical (unpaired) electrons. The molecule has 1 heterocycles. The highest BCUT2D eigenvalue weighted by Crippen LogP contribution is 2.25. The number of amides is 2. The number of carbonyl (C=O) groups is 2. The first-order chi connectivity index (χ1) is 10.8. The normalized spacial score (nSPS) is 18.6. The third-order valence-corrected chi connectivity index (χ3v) is 4.38. The molecule has 126 valence electrons. The summed E-state index contributed by atoms with van der Waals surface area (Å²) < 4.78 is 0. The maximum absolute atomic E-state index is 12.6. The molecule has 0 aromatic heterocycles. The van der Waals surface area contributed by atoms with Crippen molar-refractivity contribution in [2.75, 3.05) is 18.4 Å². The number of hydrogen-bond donors (Lipinski definition) is 1. The van der Waals surface area contributed by atoms with Crippen molar-refractivity contribution in [3.8, 4) is 0 Å². The van der Waals surface area contributed by atoms with Crippen molar-refractivity contribution in [3.05, 3.63) is 29.8 Å². The van der Waals surface area contributed by atoms with Crippen LogP contribution in [0.4, 0.5) is 5.69 Å². The van der Waals surface area contributed by atoms with E-state index >= 15 is 0 Å². The number of anilines is 1. The summed E-state index contributed by atoms with van der Waals surface area (Å²) in [7, 11) is 0. The fourth-order valence-corrected chi connectivity index (χ4v) is 3.04. The van der Waals surface area contributed by atoms with Gasteiger partial charge in [0.2, 0.25) is 11.8 Å². The number of likely N-dealkylation sites (tertiary alicyclic amines) is 1. The fourth-order valence-electron chi connectivity index (χ4n) is 3.04. The highest BCUT2D eigenvalue weighted by Gasteiger charge is 2.33. The Kier molecular flexibility index (Phi) is 5.45. The molecule has 0 bridgehead atoms. The maximum atomic E-state index is 12.6. The van der Waals surface area contributed by atoms with E-state index in [4.69, 9.17) is 0 Å². The second-order valence-corrected chi connectivity index (χ2v) is 7.34. The van der Waals surface area contributed by atoms with E-state index in [1.165, 1.54) is 0 Å². The molecule has 1 saturated heterocycles. The Morgan fingerprint density at radius 2 is 1.96 bits per heavy atom. The fraction of sp³-hybridized carbons (Fsp3) is 0.579. The summed E-state index contributed by atoms with van der Waals surface area (Å²) in [6, 6.07) is 7.90. The van der Waals surface area contributed by atoms with Crippen LogP contribution in [0.1, 0.15) is 46.1 Å². The summed E-state index contributed by atoms with van der Waals surface area (Å²) in [5, 5.41) is 3.05. The molecule has 1 aliphatic heterocycles. The Hall–Kier alpha value is -1.84. The molecule has 0 spiro atoms. The van der Waals surface area contributed by atoms with Crippen molar-refractivity contribution in [1.82, 2.24) is 4.90 Å². The average Bonchev–Trinajstić information content (AvgIpc) is 2.54. The second-order valence-electron chi connectivity index (χ2n) is 7.34. The number of nitrogens with zero attached hydrogens (tertiary/aromatic N) is 1. The Bertz CT molecular complexity index is 575. The maximum Gasteiger partial charge on any atom is 0.229 e. The van der Waals surface area contributed by atoms with Crippen LogP contribution in [0, 0.1) is 11.3 Å². The van der Waals surface area contributed by atoms with Gasteiger partial charge in [0.05, 0.1) is 5.92 Å². The number of carbonyl (C=O) groups excluding carboxylic acids is 2. The van der Waals surface area contributed by atoms with Crippen molar-refractivity contribution < 1.29 is 9.59 Å². The second kappa shape index (κ2) is 7.16. The van der Waals surface area contributed by atoms with Gasteiger partial charge in [-0.3, -0.25) is 9.59 Å². The lowest BCUT2D eigenvalue weighted by Crippen LogP contribution is -2.47. The zero-order valence-corrected chi connectivity index (χ0v) is 14.7. The lowest BCUT2D eigenvalue weighted by atomic mass is 9.91. The van der Waals surface area contributed by atoms with Crippen molar-refractivity contribution in [2.24, 2.45) is 11.3 Å². The average molecular weight is 316 g/mol. The van der Waals surface area contributed by atoms with Crippen LogP contribution in [-0.4, -0.2) is 29.8 Å². The lowest BCUT2D eigenvalue weighted by Gasteiger charge is -2.36. The van der Waals surface area contributed by atoms with Gasteiger partial charge in [-0.25, -0.2) is 0 Å². The van der Waals surface area contributed by atoms with Gasteiger partial charge in [-0.05, 0) is 30.9 Å². The van der Waals surface area contributed by atoms with E-state index in [9.17, 15) is 9.59 Å². The van der Waals surface area contributed by atoms with Crippen LogP contribution >= 0.6 is 0 Å². The van der Waals surface area contributed by atoms with Crippen molar-refractivity contribution >= 4 is 17.5 Å². The van der Waals surface area contributed by atoms with Crippen LogP contribution in [-0.2, 0) is 16.0 Å². The summed E-state index contributed by atoms with van der Waals surface area (Å²) >= 11 is 0. The Balaban J connectivity index is 2.03. The smallest absolute Gasteiger partial charge is 0.229 e. The molecule has 0 saturated carbocycles. The molecule has 1 unspecified atom stereocenters. The standard InChI is InChI=1S/C19H28N2O2/c1-5-14-9-6-7-11-16(14)20-17(22)15-10-8-12-21(13-15)18(23)19(2,3)4/h6-7,9,11,15H,5,8,10,12-13H2,1-4H3,(H,20,22). The van der Waals surface area contributed by atoms with Crippen LogP contribution in [0.15, 0.2) is 24.3 Å². The van der Waals surface area contributed by atoms with Crippen LogP contribution < -0.4 is 5.32 Å². The summed E-state index contributed by atoms with van der Waals surface area (Å²) in [6.45, 7) is 9.14. The number of benzene rings is 1. The van der Waals surface area contributed by atoms with Gasteiger partial charge < -0.3 is 10.2 Å². The number of aryl methyl sites for hydroxylation is 1. The van der Waals surface area contributed by atoms with Gasteiger partial charge in [0.15, 0.2) is 0 Å². The largest absolute Gasteiger partial charge is 0.341 e. The molecule has 1 fully saturated rings. The molecule has 23 heavy (non-hydrogen) atoms. The number of hydrogen-bond acceptors (Lipinski definition) is 2. The minimum absolute atomic E-state index is 0.0253. The van der Waals surface area contributed by atoms with Gasteiger partial charge >= 0.3 is 0 Å². The van der Waals surface area contributed by atoms with Crippen molar-refractivity contribution in [1.29, 1.82) is 0 Å². The zero-order valence-electron chi connectivity index (χ0n) is 14.7. The van der Waals surface area contributed by atoms with E-state index in [0.29, 0.717) is 6.54 Å². The van der Waals surface area contributed by atoms with Crippen LogP contribution in [0.2, 0.25) is 0 Å². The van der Waals surface area contributed by atoms with Gasteiger partial charge in [-0.2, -0.15) is 0 Å². The highest BCUT2D eigenvalue weighted by atomic mass is 16.2. The van der Waals surface area contributed by atoms with Crippen molar-refractivity contribution in [3.63, 3.8) is 0 Å². The molecular formula is C19H28N2O2. The molecule has 2 amide bonds. The Morgan fingerprint density at radius 1 is 1.26 bits per heavy atom. The first-order valence-corrected chi connectivity index (χ1v) is 8.51. The van der Waals surface area contributed by atoms with Gasteiger partial charge in [0.25, 0.3) is 0 Å². The number of rotatable bonds is 3. The summed E-state index contributed by atoms with van der Waals surface area (Å²) in [5.41, 5.74) is 1.63. The molecule has 1 N–H and O–H groups in total. The highest BCUT2D eigenvalue weighted by molar-refractivity contribution is 5.94. The van der Waals surface area contributed by atoms with E-state index in [0.717, 1.165) is 37.1 Å². The number of piperidine rings is 1. The first-order valence-electron chi connectivity index (χ1n) is 8.51. The van der Waals surface area contributed by atoms with Gasteiger partial charge in [-0.1, -0.05) is 45.9 Å². The quantitative estimate of drug-likeness (QED) is 0.928. The molecule has 0 aliphatic carbocycles. The third-order valence-electron chi connectivity index (χ3n) is 4.38. The van der Waals surface area contributed by atoms with Crippen molar-refractivity contribution in [2.45, 2.75) is 47.0 Å². The molecule has 1 aromatic carbocycles. The SMILES string of the molecule is CCc1ccccc1NC(=O)C1CCCN(C(=O)C(C)(C)C)C1. The topological polar surface area (TPSA) is 49.4 Å². The minimum atomic E-state index is -0.396.